The molecule has 2 aromatic rings. The predicted octanol–water partition coefficient (Wildman–Crippen LogP) is 4.25. The fourth-order valence-electron chi connectivity index (χ4n) is 2.23. The Labute approximate surface area is 162 Å². The Bertz CT molecular complexity index is 826. The summed E-state index contributed by atoms with van der Waals surface area (Å²) >= 11 is 3.49. The zero-order valence-electron chi connectivity index (χ0n) is 15.5. The van der Waals surface area contributed by atoms with Crippen molar-refractivity contribution in [3.8, 4) is 5.75 Å². The first-order chi connectivity index (χ1) is 12.2. The third-order valence-electron chi connectivity index (χ3n) is 3.81. The number of amides is 1. The van der Waals surface area contributed by atoms with Gasteiger partial charge in [-0.25, -0.2) is 5.43 Å². The molecule has 0 atom stereocenters. The van der Waals surface area contributed by atoms with E-state index in [2.05, 4.69) is 47.2 Å². The molecule has 26 heavy (non-hydrogen) atoms. The van der Waals surface area contributed by atoms with Gasteiger partial charge >= 0.3 is 0 Å². The van der Waals surface area contributed by atoms with Gasteiger partial charge in [0.25, 0.3) is 5.91 Å². The third kappa shape index (κ3) is 5.59. The number of carbonyl (C=O) groups is 1. The summed E-state index contributed by atoms with van der Waals surface area (Å²) in [6.45, 7) is 8.11. The molecule has 0 spiro atoms. The van der Waals surface area contributed by atoms with Gasteiger partial charge in [-0.2, -0.15) is 5.10 Å². The summed E-state index contributed by atoms with van der Waals surface area (Å²) in [6.07, 6.45) is 0. The lowest BCUT2D eigenvalue weighted by molar-refractivity contribution is -0.123. The molecule has 138 valence electrons. The van der Waals surface area contributed by atoms with E-state index in [9.17, 15) is 4.79 Å². The fraction of sp³-hybridized carbons (Fsp3) is 0.300. The highest BCUT2D eigenvalue weighted by Crippen LogP contribution is 2.31. The van der Waals surface area contributed by atoms with Crippen LogP contribution in [0.25, 0.3) is 0 Å². The van der Waals surface area contributed by atoms with E-state index in [1.807, 2.05) is 30.3 Å². The maximum atomic E-state index is 12.0. The van der Waals surface area contributed by atoms with E-state index in [0.29, 0.717) is 17.1 Å². The molecule has 2 aromatic carbocycles. The molecule has 0 aromatic heterocycles. The van der Waals surface area contributed by atoms with Gasteiger partial charge in [-0.3, -0.25) is 4.79 Å². The van der Waals surface area contributed by atoms with Gasteiger partial charge in [0.2, 0.25) is 0 Å². The van der Waals surface area contributed by atoms with Gasteiger partial charge in [0.05, 0.1) is 10.2 Å². The van der Waals surface area contributed by atoms with Crippen molar-refractivity contribution in [3.63, 3.8) is 0 Å². The van der Waals surface area contributed by atoms with Crippen LogP contribution in [0.15, 0.2) is 52.0 Å². The van der Waals surface area contributed by atoms with Gasteiger partial charge in [-0.1, -0.05) is 39.0 Å². The quantitative estimate of drug-likeness (QED) is 0.433. The minimum atomic E-state index is -0.333. The number of nitrogens with zero attached hydrogens (tertiary/aromatic N) is 1. The first-order valence-corrected chi connectivity index (χ1v) is 9.08. The number of carbonyl (C=O) groups excluding carboxylic acids is 1. The molecule has 1 amide bonds. The summed E-state index contributed by atoms with van der Waals surface area (Å²) in [4.78, 5) is 12.0. The van der Waals surface area contributed by atoms with E-state index in [1.54, 1.807) is 19.1 Å². The van der Waals surface area contributed by atoms with Gasteiger partial charge in [-0.05, 0) is 63.7 Å². The van der Waals surface area contributed by atoms with Crippen molar-refractivity contribution in [1.29, 1.82) is 0 Å². The number of hydrazone groups is 1. The Hall–Kier alpha value is -2.34. The number of hydrogen-bond acceptors (Lipinski definition) is 4. The zero-order chi connectivity index (χ0) is 19.3. The van der Waals surface area contributed by atoms with Crippen LogP contribution < -0.4 is 15.9 Å². The molecule has 0 radical (unpaired) electrons. The van der Waals surface area contributed by atoms with Gasteiger partial charge in [0, 0.05) is 5.69 Å². The van der Waals surface area contributed by atoms with E-state index < -0.39 is 0 Å². The van der Waals surface area contributed by atoms with Crippen molar-refractivity contribution in [2.45, 2.75) is 33.1 Å². The molecular formula is C20H24BrN3O2. The number of nitrogens with one attached hydrogen (secondary N) is 1. The first kappa shape index (κ1) is 20.0. The lowest BCUT2D eigenvalue weighted by atomic mass is 9.87. The monoisotopic (exact) mass is 417 g/mol. The fourth-order valence-corrected chi connectivity index (χ4v) is 2.73. The highest BCUT2D eigenvalue weighted by molar-refractivity contribution is 9.10. The van der Waals surface area contributed by atoms with Crippen molar-refractivity contribution in [3.05, 3.63) is 58.1 Å². The highest BCUT2D eigenvalue weighted by atomic mass is 79.9. The number of halogens is 1. The second kappa shape index (κ2) is 8.36. The van der Waals surface area contributed by atoms with Gasteiger partial charge in [0.1, 0.15) is 5.75 Å². The third-order valence-corrected chi connectivity index (χ3v) is 4.43. The second-order valence-corrected chi connectivity index (χ2v) is 7.90. The normalized spacial score (nSPS) is 12.0. The van der Waals surface area contributed by atoms with Crippen LogP contribution in [0.2, 0.25) is 0 Å². The molecular weight excluding hydrogens is 394 g/mol. The van der Waals surface area contributed by atoms with Crippen LogP contribution in [-0.2, 0) is 10.2 Å². The molecule has 0 unspecified atom stereocenters. The Balaban J connectivity index is 1.94. The Kier molecular flexibility index (Phi) is 6.42. The number of benzene rings is 2. The molecule has 0 aliphatic heterocycles. The van der Waals surface area contributed by atoms with Crippen LogP contribution in [0.3, 0.4) is 0 Å². The van der Waals surface area contributed by atoms with Crippen LogP contribution in [0, 0.1) is 0 Å². The standard InChI is InChI=1S/C20H24BrN3O2/c1-13(14-6-5-7-16(22)10-14)23-24-19(25)12-26-18-9-8-15(11-17(18)21)20(2,3)4/h5-11H,12,22H2,1-4H3,(H,24,25). The highest BCUT2D eigenvalue weighted by Gasteiger charge is 2.15. The van der Waals surface area contributed by atoms with Crippen LogP contribution >= 0.6 is 15.9 Å². The summed E-state index contributed by atoms with van der Waals surface area (Å²) in [5.41, 5.74) is 11.6. The summed E-state index contributed by atoms with van der Waals surface area (Å²) in [5, 5.41) is 4.09. The van der Waals surface area contributed by atoms with E-state index in [1.165, 1.54) is 5.56 Å². The summed E-state index contributed by atoms with van der Waals surface area (Å²) < 4.78 is 6.39. The molecule has 0 bridgehead atoms. The minimum absolute atomic E-state index is 0.0471. The number of rotatable bonds is 5. The molecule has 3 N–H and O–H groups in total. The molecule has 0 aliphatic carbocycles. The zero-order valence-corrected chi connectivity index (χ0v) is 17.1. The number of anilines is 1. The van der Waals surface area contributed by atoms with Crippen molar-refractivity contribution in [1.82, 2.24) is 5.43 Å². The molecule has 0 saturated heterocycles. The molecule has 0 heterocycles. The number of nitrogen functional groups attached to an aromatic ring is 1. The van der Waals surface area contributed by atoms with Crippen molar-refractivity contribution >= 4 is 33.2 Å². The Morgan fingerprint density at radius 3 is 2.58 bits per heavy atom. The molecule has 5 nitrogen and oxygen atoms in total. The molecule has 0 fully saturated rings. The topological polar surface area (TPSA) is 76.7 Å². The average Bonchev–Trinajstić information content (AvgIpc) is 2.57. The van der Waals surface area contributed by atoms with Gasteiger partial charge in [0.15, 0.2) is 6.61 Å². The van der Waals surface area contributed by atoms with Gasteiger partial charge in [-0.15, -0.1) is 0 Å². The summed E-state index contributed by atoms with van der Waals surface area (Å²) in [6, 6.07) is 13.2. The lowest BCUT2D eigenvalue weighted by Crippen LogP contribution is -2.25. The first-order valence-electron chi connectivity index (χ1n) is 8.28. The predicted molar refractivity (Wildman–Crippen MR) is 110 cm³/mol. The number of ether oxygens (including phenoxy) is 1. The summed E-state index contributed by atoms with van der Waals surface area (Å²) in [7, 11) is 0. The van der Waals surface area contributed by atoms with Crippen molar-refractivity contribution in [2.24, 2.45) is 5.10 Å². The van der Waals surface area contributed by atoms with E-state index >= 15 is 0 Å². The Morgan fingerprint density at radius 2 is 1.96 bits per heavy atom. The van der Waals surface area contributed by atoms with E-state index in [-0.39, 0.29) is 17.9 Å². The van der Waals surface area contributed by atoms with Gasteiger partial charge < -0.3 is 10.5 Å². The maximum Gasteiger partial charge on any atom is 0.277 e. The van der Waals surface area contributed by atoms with E-state index in [4.69, 9.17) is 10.5 Å². The Morgan fingerprint density at radius 1 is 1.23 bits per heavy atom. The SMILES string of the molecule is CC(=NNC(=O)COc1ccc(C(C)(C)C)cc1Br)c1cccc(N)c1. The summed E-state index contributed by atoms with van der Waals surface area (Å²) in [5.74, 6) is 0.282. The molecule has 6 heteroatoms. The van der Waals surface area contributed by atoms with Crippen LogP contribution in [-0.4, -0.2) is 18.2 Å². The molecule has 0 saturated carbocycles. The molecule has 2 rings (SSSR count). The van der Waals surface area contributed by atoms with Crippen molar-refractivity contribution in [2.75, 3.05) is 12.3 Å². The average molecular weight is 418 g/mol. The maximum absolute atomic E-state index is 12.0. The minimum Gasteiger partial charge on any atom is -0.483 e. The second-order valence-electron chi connectivity index (χ2n) is 7.04. The van der Waals surface area contributed by atoms with Crippen LogP contribution in [0.4, 0.5) is 5.69 Å². The van der Waals surface area contributed by atoms with Crippen molar-refractivity contribution < 1.29 is 9.53 Å². The number of hydrogen-bond donors (Lipinski definition) is 2. The lowest BCUT2D eigenvalue weighted by Gasteiger charge is -2.20. The van der Waals surface area contributed by atoms with E-state index in [0.717, 1.165) is 10.0 Å². The largest absolute Gasteiger partial charge is 0.483 e. The van der Waals surface area contributed by atoms with Crippen LogP contribution in [0.1, 0.15) is 38.8 Å². The molecule has 0 aliphatic rings. The number of nitrogens with two attached hydrogens (primary N) is 1. The smallest absolute Gasteiger partial charge is 0.277 e. The van der Waals surface area contributed by atoms with Crippen LogP contribution in [0.5, 0.6) is 5.75 Å².